The number of hydrazine groups is 1. The van der Waals surface area contributed by atoms with E-state index in [0.29, 0.717) is 17.9 Å². The van der Waals surface area contributed by atoms with Crippen molar-refractivity contribution in [2.45, 2.75) is 32.9 Å². The minimum Gasteiger partial charge on any atom is -0.369 e. The van der Waals surface area contributed by atoms with Crippen molar-refractivity contribution < 1.29 is 9.59 Å². The average Bonchev–Trinajstić information content (AvgIpc) is 2.99. The smallest absolute Gasteiger partial charge is 0.343 e. The molecule has 3 amide bonds. The van der Waals surface area contributed by atoms with E-state index in [1.54, 1.807) is 4.90 Å². The van der Waals surface area contributed by atoms with Gasteiger partial charge in [-0.15, -0.1) is 0 Å². The van der Waals surface area contributed by atoms with Crippen LogP contribution in [0.5, 0.6) is 0 Å². The van der Waals surface area contributed by atoms with Gasteiger partial charge in [-0.25, -0.2) is 10.6 Å². The summed E-state index contributed by atoms with van der Waals surface area (Å²) in [4.78, 5) is 32.5. The predicted molar refractivity (Wildman–Crippen MR) is 163 cm³/mol. The zero-order valence-electron chi connectivity index (χ0n) is 23.7. The summed E-state index contributed by atoms with van der Waals surface area (Å²) in [6.45, 7) is 13.6. The second-order valence-electron chi connectivity index (χ2n) is 10.2. The van der Waals surface area contributed by atoms with Gasteiger partial charge < -0.3 is 10.2 Å². The van der Waals surface area contributed by atoms with Crippen LogP contribution in [0.1, 0.15) is 37.9 Å². The van der Waals surface area contributed by atoms with E-state index in [1.807, 2.05) is 106 Å². The first-order valence-electron chi connectivity index (χ1n) is 13.9. The van der Waals surface area contributed by atoms with Gasteiger partial charge in [-0.3, -0.25) is 19.6 Å². The summed E-state index contributed by atoms with van der Waals surface area (Å²) < 4.78 is 0. The van der Waals surface area contributed by atoms with Crippen LogP contribution in [-0.2, 0) is 4.79 Å². The molecule has 0 saturated carbocycles. The van der Waals surface area contributed by atoms with Crippen LogP contribution in [0.4, 0.5) is 16.2 Å². The van der Waals surface area contributed by atoms with Crippen LogP contribution in [0.2, 0.25) is 0 Å². The molecule has 3 N–H and O–H groups in total. The second-order valence-corrected chi connectivity index (χ2v) is 10.2. The Kier molecular flexibility index (Phi) is 9.58. The number of nitrogens with zero attached hydrogens (tertiary/aromatic N) is 4. The highest BCUT2D eigenvalue weighted by molar-refractivity contribution is 6.04. The molecule has 8 heteroatoms. The number of hydrogen-bond acceptors (Lipinski definition) is 5. The van der Waals surface area contributed by atoms with Gasteiger partial charge in [0.1, 0.15) is 6.04 Å². The summed E-state index contributed by atoms with van der Waals surface area (Å²) in [5.74, 6) is 6.17. The summed E-state index contributed by atoms with van der Waals surface area (Å²) in [5.41, 5.74) is 4.15. The maximum Gasteiger partial charge on any atom is 0.343 e. The zero-order valence-corrected chi connectivity index (χ0v) is 23.7. The number of anilines is 2. The molecule has 0 aromatic heterocycles. The molecule has 0 spiro atoms. The van der Waals surface area contributed by atoms with Gasteiger partial charge in [0.15, 0.2) is 0 Å². The number of hydrogen-bond donors (Lipinski definition) is 2. The lowest BCUT2D eigenvalue weighted by atomic mass is 10.0. The largest absolute Gasteiger partial charge is 0.369 e. The van der Waals surface area contributed by atoms with Crippen LogP contribution >= 0.6 is 0 Å². The van der Waals surface area contributed by atoms with Crippen molar-refractivity contribution in [3.8, 4) is 0 Å². The zero-order chi connectivity index (χ0) is 28.6. The highest BCUT2D eigenvalue weighted by Gasteiger charge is 2.31. The van der Waals surface area contributed by atoms with Crippen molar-refractivity contribution in [2.75, 3.05) is 42.5 Å². The number of carbonyl (C=O) groups excluding carboxylic acids is 2. The minimum absolute atomic E-state index is 0.0326. The van der Waals surface area contributed by atoms with E-state index in [2.05, 4.69) is 21.7 Å². The molecular weight excluding hydrogens is 500 g/mol. The van der Waals surface area contributed by atoms with Crippen LogP contribution in [0, 0.1) is 0 Å². The molecule has 1 saturated heterocycles. The van der Waals surface area contributed by atoms with E-state index < -0.39 is 0 Å². The van der Waals surface area contributed by atoms with Gasteiger partial charge >= 0.3 is 6.03 Å². The molecule has 3 aromatic carbocycles. The molecule has 1 unspecified atom stereocenters. The standard InChI is InChI=1S/C32H40N6O2/c1-5-34-31(39)30(27-14-10-7-11-15-27)36-22-20-35(21-23-36)28-16-18-29(19-17-28)37(32(40)38(33)24(2)3)25(4)26-12-8-6-9-13-26/h6-19,24,30H,4-5,20-23,33H2,1-3H3,(H,34,39). The quantitative estimate of drug-likeness (QED) is 0.230. The first kappa shape index (κ1) is 28.9. The number of nitrogens with two attached hydrogens (primary N) is 1. The summed E-state index contributed by atoms with van der Waals surface area (Å²) in [5, 5.41) is 4.22. The molecule has 1 atom stereocenters. The fraction of sp³-hybridized carbons (Fsp3) is 0.312. The Labute approximate surface area is 237 Å². The summed E-state index contributed by atoms with van der Waals surface area (Å²) in [7, 11) is 0. The van der Waals surface area contributed by atoms with Crippen molar-refractivity contribution in [1.29, 1.82) is 0 Å². The van der Waals surface area contributed by atoms with E-state index in [1.165, 1.54) is 5.01 Å². The Bertz CT molecular complexity index is 1270. The van der Waals surface area contributed by atoms with Crippen LogP contribution in [0.15, 0.2) is 91.5 Å². The number of amides is 3. The topological polar surface area (TPSA) is 85.2 Å². The molecule has 210 valence electrons. The molecule has 4 rings (SSSR count). The highest BCUT2D eigenvalue weighted by atomic mass is 16.2. The summed E-state index contributed by atoms with van der Waals surface area (Å²) >= 11 is 0. The lowest BCUT2D eigenvalue weighted by Gasteiger charge is -2.40. The van der Waals surface area contributed by atoms with Crippen molar-refractivity contribution >= 4 is 29.0 Å². The third-order valence-corrected chi connectivity index (χ3v) is 7.21. The van der Waals surface area contributed by atoms with Crippen molar-refractivity contribution in [1.82, 2.24) is 15.2 Å². The van der Waals surface area contributed by atoms with Crippen LogP contribution < -0.4 is 21.0 Å². The maximum absolute atomic E-state index is 13.4. The van der Waals surface area contributed by atoms with E-state index in [4.69, 9.17) is 5.84 Å². The van der Waals surface area contributed by atoms with E-state index in [0.717, 1.165) is 43.0 Å². The molecule has 1 aliphatic rings. The molecule has 0 radical (unpaired) electrons. The van der Waals surface area contributed by atoms with E-state index in [-0.39, 0.29) is 24.0 Å². The third kappa shape index (κ3) is 6.52. The van der Waals surface area contributed by atoms with Crippen molar-refractivity contribution in [3.05, 3.63) is 103 Å². The minimum atomic E-state index is -0.345. The second kappa shape index (κ2) is 13.3. The molecule has 3 aromatic rings. The predicted octanol–water partition coefficient (Wildman–Crippen LogP) is 4.87. The average molecular weight is 541 g/mol. The van der Waals surface area contributed by atoms with E-state index in [9.17, 15) is 9.59 Å². The normalized spacial score (nSPS) is 14.5. The van der Waals surface area contributed by atoms with Gasteiger partial charge in [-0.2, -0.15) is 0 Å². The number of nitrogens with one attached hydrogen (secondary N) is 1. The Hall–Kier alpha value is -4.14. The summed E-state index contributed by atoms with van der Waals surface area (Å²) in [6.07, 6.45) is 0. The van der Waals surface area contributed by atoms with Gasteiger partial charge in [0.05, 0.1) is 11.4 Å². The lowest BCUT2D eigenvalue weighted by Crippen LogP contribution is -2.51. The van der Waals surface area contributed by atoms with Crippen LogP contribution in [0.25, 0.3) is 5.70 Å². The first-order valence-corrected chi connectivity index (χ1v) is 13.9. The SMILES string of the molecule is C=C(c1ccccc1)N(C(=O)N(N)C(C)C)c1ccc(N2CCN(C(C(=O)NCC)c3ccccc3)CC2)cc1. The van der Waals surface area contributed by atoms with Crippen LogP contribution in [0.3, 0.4) is 0 Å². The molecule has 0 aliphatic carbocycles. The van der Waals surface area contributed by atoms with Gasteiger partial charge in [0, 0.05) is 44.5 Å². The van der Waals surface area contributed by atoms with Crippen molar-refractivity contribution in [2.24, 2.45) is 5.84 Å². The Balaban J connectivity index is 1.51. The molecule has 40 heavy (non-hydrogen) atoms. The fourth-order valence-corrected chi connectivity index (χ4v) is 4.96. The molecule has 1 heterocycles. The number of urea groups is 1. The molecule has 1 aliphatic heterocycles. The number of benzene rings is 3. The third-order valence-electron chi connectivity index (χ3n) is 7.21. The molecule has 8 nitrogen and oxygen atoms in total. The number of rotatable bonds is 9. The monoisotopic (exact) mass is 540 g/mol. The van der Waals surface area contributed by atoms with Crippen LogP contribution in [-0.4, -0.2) is 60.6 Å². The first-order chi connectivity index (χ1) is 19.3. The number of likely N-dealkylation sites (N-methyl/N-ethyl adjacent to an activating group) is 1. The van der Waals surface area contributed by atoms with Gasteiger partial charge in [0.2, 0.25) is 5.91 Å². The number of carbonyl (C=O) groups is 2. The Morgan fingerprint density at radius 1 is 0.900 bits per heavy atom. The number of piperazine rings is 1. The van der Waals surface area contributed by atoms with Crippen molar-refractivity contribution in [3.63, 3.8) is 0 Å². The van der Waals surface area contributed by atoms with Gasteiger partial charge in [-0.1, -0.05) is 67.2 Å². The molecule has 0 bridgehead atoms. The molecule has 1 fully saturated rings. The maximum atomic E-state index is 13.4. The van der Waals surface area contributed by atoms with Gasteiger partial charge in [0.25, 0.3) is 0 Å². The Morgan fingerprint density at radius 2 is 1.48 bits per heavy atom. The lowest BCUT2D eigenvalue weighted by molar-refractivity contribution is -0.126. The summed E-state index contributed by atoms with van der Waals surface area (Å²) in [6, 6.07) is 26.7. The van der Waals surface area contributed by atoms with Gasteiger partial charge in [-0.05, 0) is 56.2 Å². The Morgan fingerprint density at radius 3 is 2.02 bits per heavy atom. The highest BCUT2D eigenvalue weighted by Crippen LogP contribution is 2.30. The fourth-order valence-electron chi connectivity index (χ4n) is 4.96. The molecular formula is C32H40N6O2. The van der Waals surface area contributed by atoms with E-state index >= 15 is 0 Å².